The van der Waals surface area contributed by atoms with E-state index in [1.807, 2.05) is 11.9 Å². The van der Waals surface area contributed by atoms with Crippen molar-refractivity contribution in [2.45, 2.75) is 146 Å². The van der Waals surface area contributed by atoms with Crippen LogP contribution in [0, 0.1) is 29.6 Å². The highest BCUT2D eigenvalue weighted by Gasteiger charge is 2.40. The number of carboxylic acid groups (broad SMARTS) is 1. The second-order valence-corrected chi connectivity index (χ2v) is 15.1. The second kappa shape index (κ2) is 15.0. The van der Waals surface area contributed by atoms with Crippen LogP contribution in [0.5, 0.6) is 0 Å². The molecule has 6 nitrogen and oxygen atoms in total. The van der Waals surface area contributed by atoms with Gasteiger partial charge in [-0.2, -0.15) is 0 Å². The Balaban J connectivity index is 1.26. The van der Waals surface area contributed by atoms with E-state index in [4.69, 9.17) is 21.6 Å². The maximum atomic E-state index is 14.6. The number of aliphatic carboxylic acids is 1. The van der Waals surface area contributed by atoms with Crippen molar-refractivity contribution in [2.24, 2.45) is 39.6 Å². The Morgan fingerprint density at radius 3 is 2.43 bits per heavy atom. The number of carbonyl (C=O) groups excluding carboxylic acids is 1. The van der Waals surface area contributed by atoms with E-state index < -0.39 is 12.1 Å². The zero-order chi connectivity index (χ0) is 29.6. The van der Waals surface area contributed by atoms with Crippen LogP contribution in [0.25, 0.3) is 0 Å². The minimum Gasteiger partial charge on any atom is -0.481 e. The molecule has 5 aliphatic rings. The van der Waals surface area contributed by atoms with E-state index in [9.17, 15) is 19.1 Å². The zero-order valence-corrected chi connectivity index (χ0v) is 26.5. The first-order valence-corrected chi connectivity index (χ1v) is 17.6. The molecule has 1 heterocycles. The normalized spacial score (nSPS) is 36.3. The lowest BCUT2D eigenvalue weighted by molar-refractivity contribution is -0.138. The minimum absolute atomic E-state index is 0.0129. The summed E-state index contributed by atoms with van der Waals surface area (Å²) in [5, 5.41) is 9.52. The third kappa shape index (κ3) is 8.57. The highest BCUT2D eigenvalue weighted by atomic mass is 35.5. The number of carbonyl (C=O) groups is 2. The van der Waals surface area contributed by atoms with Crippen LogP contribution < -0.4 is 0 Å². The summed E-state index contributed by atoms with van der Waals surface area (Å²) in [5.74, 6) is 0.565. The third-order valence-corrected chi connectivity index (χ3v) is 11.5. The molecule has 0 spiro atoms. The minimum atomic E-state index is -0.919. The molecule has 0 bridgehead atoms. The monoisotopic (exact) mass is 605 g/mol. The van der Waals surface area contributed by atoms with E-state index in [0.29, 0.717) is 24.7 Å². The van der Waals surface area contributed by atoms with Gasteiger partial charge in [0.2, 0.25) is 5.91 Å². The predicted molar refractivity (Wildman–Crippen MR) is 167 cm³/mol. The van der Waals surface area contributed by atoms with Crippen LogP contribution in [0.1, 0.15) is 122 Å². The molecule has 8 heteroatoms. The summed E-state index contributed by atoms with van der Waals surface area (Å²) in [6, 6.07) is 0.192. The summed E-state index contributed by atoms with van der Waals surface area (Å²) in [4.78, 5) is 37.6. The van der Waals surface area contributed by atoms with E-state index in [1.165, 1.54) is 32.1 Å². The van der Waals surface area contributed by atoms with Crippen molar-refractivity contribution in [1.82, 2.24) is 4.90 Å². The van der Waals surface area contributed by atoms with Gasteiger partial charge >= 0.3 is 5.97 Å². The van der Waals surface area contributed by atoms with Crippen LogP contribution in [0.3, 0.4) is 0 Å². The summed E-state index contributed by atoms with van der Waals surface area (Å²) in [7, 11) is 1.99. The summed E-state index contributed by atoms with van der Waals surface area (Å²) >= 11 is 6.55. The molecule has 42 heavy (non-hydrogen) atoms. The van der Waals surface area contributed by atoms with Crippen LogP contribution in [0.4, 0.5) is 4.39 Å². The number of carboxylic acids is 1. The molecule has 4 fully saturated rings. The molecule has 8 atom stereocenters. The van der Waals surface area contributed by atoms with Gasteiger partial charge < -0.3 is 10.0 Å². The van der Waals surface area contributed by atoms with Crippen LogP contribution in [-0.4, -0.2) is 70.5 Å². The standard InChI is InChI=1S/C34H53ClFN3O3/c1-39(21-22-6-3-2-4-7-22)34(42)26-12-15-29-31(20-26)37-30(33(38-29)25-8-5-9-27(35)13-11-25)14-10-23-16-24(19-32(40)41)18-28(36)17-23/h22-29,31H,2-21H2,1H3,(H,40,41)/t23?,24?,25-,26?,27?,28?,29?,31?/m1/s1. The first-order valence-electron chi connectivity index (χ1n) is 17.1. The lowest BCUT2D eigenvalue weighted by Crippen LogP contribution is -2.45. The molecule has 0 aromatic carbocycles. The van der Waals surface area contributed by atoms with E-state index >= 15 is 0 Å². The summed E-state index contributed by atoms with van der Waals surface area (Å²) < 4.78 is 14.6. The first kappa shape index (κ1) is 31.9. The Hall–Kier alpha value is -1.50. The van der Waals surface area contributed by atoms with Crippen molar-refractivity contribution < 1.29 is 19.1 Å². The number of amides is 1. The van der Waals surface area contributed by atoms with Gasteiger partial charge in [0.05, 0.1) is 23.5 Å². The van der Waals surface area contributed by atoms with E-state index in [1.54, 1.807) is 0 Å². The van der Waals surface area contributed by atoms with E-state index in [2.05, 4.69) is 0 Å². The Bertz CT molecular complexity index is 999. The molecule has 1 N–H and O–H groups in total. The summed E-state index contributed by atoms with van der Waals surface area (Å²) in [5.41, 5.74) is 2.24. The predicted octanol–water partition coefficient (Wildman–Crippen LogP) is 7.66. The SMILES string of the molecule is CN(CC1CCCCC1)C(=O)C1CCC2N=C([C@@H]3CCCC(Cl)CC3)C(CCC3CC(F)CC(CC(=O)O)C3)=NC2C1. The zero-order valence-electron chi connectivity index (χ0n) is 25.7. The molecule has 0 radical (unpaired) electrons. The Morgan fingerprint density at radius 1 is 0.857 bits per heavy atom. The lowest BCUT2D eigenvalue weighted by atomic mass is 9.76. The molecule has 0 saturated heterocycles. The quantitative estimate of drug-likeness (QED) is 0.216. The van der Waals surface area contributed by atoms with Gasteiger partial charge in [0, 0.05) is 37.2 Å². The van der Waals surface area contributed by atoms with Gasteiger partial charge in [-0.05, 0) is 108 Å². The molecule has 5 rings (SSSR count). The molecular formula is C34H53ClFN3O3. The van der Waals surface area contributed by atoms with Crippen molar-refractivity contribution in [2.75, 3.05) is 13.6 Å². The van der Waals surface area contributed by atoms with Crippen LogP contribution in [0.15, 0.2) is 9.98 Å². The molecular weight excluding hydrogens is 553 g/mol. The smallest absolute Gasteiger partial charge is 0.303 e. The van der Waals surface area contributed by atoms with Crippen molar-refractivity contribution in [3.05, 3.63) is 0 Å². The Labute approximate surface area is 257 Å². The largest absolute Gasteiger partial charge is 0.481 e. The molecule has 0 aromatic rings. The van der Waals surface area contributed by atoms with Gasteiger partial charge in [-0.1, -0.05) is 25.7 Å². The van der Waals surface area contributed by atoms with Gasteiger partial charge in [-0.15, -0.1) is 11.6 Å². The number of alkyl halides is 2. The molecule has 4 aliphatic carbocycles. The highest BCUT2D eigenvalue weighted by molar-refractivity contribution is 6.43. The lowest BCUT2D eigenvalue weighted by Gasteiger charge is -2.38. The molecule has 7 unspecified atom stereocenters. The molecule has 4 saturated carbocycles. The molecule has 1 aliphatic heterocycles. The topological polar surface area (TPSA) is 82.3 Å². The van der Waals surface area contributed by atoms with Crippen molar-refractivity contribution in [1.29, 1.82) is 0 Å². The van der Waals surface area contributed by atoms with Gasteiger partial charge in [0.15, 0.2) is 0 Å². The molecule has 1 amide bonds. The van der Waals surface area contributed by atoms with Crippen LogP contribution >= 0.6 is 11.6 Å². The van der Waals surface area contributed by atoms with E-state index in [-0.39, 0.29) is 47.5 Å². The fourth-order valence-electron chi connectivity index (χ4n) is 8.86. The van der Waals surface area contributed by atoms with Gasteiger partial charge in [0.25, 0.3) is 0 Å². The maximum absolute atomic E-state index is 14.6. The average Bonchev–Trinajstić information content (AvgIpc) is 3.19. The van der Waals surface area contributed by atoms with Crippen LogP contribution in [0.2, 0.25) is 0 Å². The number of rotatable bonds is 9. The van der Waals surface area contributed by atoms with Gasteiger partial charge in [0.1, 0.15) is 6.17 Å². The van der Waals surface area contributed by atoms with Crippen molar-refractivity contribution >= 4 is 34.9 Å². The van der Waals surface area contributed by atoms with Gasteiger partial charge in [-0.3, -0.25) is 19.6 Å². The van der Waals surface area contributed by atoms with Crippen molar-refractivity contribution in [3.63, 3.8) is 0 Å². The fourth-order valence-corrected chi connectivity index (χ4v) is 9.14. The number of fused-ring (bicyclic) bond motifs is 1. The van der Waals surface area contributed by atoms with Gasteiger partial charge in [-0.25, -0.2) is 4.39 Å². The number of halogens is 2. The molecule has 236 valence electrons. The molecule has 0 aromatic heterocycles. The van der Waals surface area contributed by atoms with E-state index in [0.717, 1.165) is 88.6 Å². The third-order valence-electron chi connectivity index (χ3n) is 11.1. The Morgan fingerprint density at radius 2 is 1.64 bits per heavy atom. The number of hydrogen-bond acceptors (Lipinski definition) is 4. The maximum Gasteiger partial charge on any atom is 0.303 e. The second-order valence-electron chi connectivity index (χ2n) is 14.4. The van der Waals surface area contributed by atoms with Crippen molar-refractivity contribution in [3.8, 4) is 0 Å². The average molecular weight is 606 g/mol. The number of aliphatic imine (C=N–C) groups is 2. The summed E-state index contributed by atoms with van der Waals surface area (Å²) in [6.07, 6.45) is 16.6. The number of nitrogens with zero attached hydrogens (tertiary/aromatic N) is 3. The highest BCUT2D eigenvalue weighted by Crippen LogP contribution is 2.39. The Kier molecular flexibility index (Phi) is 11.4. The summed E-state index contributed by atoms with van der Waals surface area (Å²) in [6.45, 7) is 0.878. The fraction of sp³-hybridized carbons (Fsp3) is 0.882. The first-order chi connectivity index (χ1) is 20.2. The number of hydrogen-bond donors (Lipinski definition) is 1. The van der Waals surface area contributed by atoms with Crippen LogP contribution in [-0.2, 0) is 9.59 Å².